The van der Waals surface area contributed by atoms with Gasteiger partial charge in [-0.15, -0.1) is 0 Å². The van der Waals surface area contributed by atoms with E-state index in [1.54, 1.807) is 6.07 Å². The van der Waals surface area contributed by atoms with Crippen molar-refractivity contribution in [2.45, 2.75) is 39.3 Å². The summed E-state index contributed by atoms with van der Waals surface area (Å²) >= 11 is 0. The van der Waals surface area contributed by atoms with Gasteiger partial charge in [-0.25, -0.2) is 4.39 Å². The summed E-state index contributed by atoms with van der Waals surface area (Å²) in [4.78, 5) is 0. The van der Waals surface area contributed by atoms with E-state index < -0.39 is 0 Å². The number of halogens is 1. The van der Waals surface area contributed by atoms with E-state index in [0.29, 0.717) is 12.2 Å². The minimum Gasteiger partial charge on any atom is -0.489 e. The molecule has 0 saturated heterocycles. The predicted octanol–water partition coefficient (Wildman–Crippen LogP) is 5.63. The van der Waals surface area contributed by atoms with E-state index in [4.69, 9.17) is 10.5 Å². The average molecular weight is 361 g/mol. The highest BCUT2D eigenvalue weighted by Gasteiger charge is 2.26. The topological polar surface area (TPSA) is 35.2 Å². The summed E-state index contributed by atoms with van der Waals surface area (Å²) in [6.07, 6.45) is 1.63. The summed E-state index contributed by atoms with van der Waals surface area (Å²) < 4.78 is 20.3. The lowest BCUT2D eigenvalue weighted by Gasteiger charge is -2.17. The van der Waals surface area contributed by atoms with E-state index in [1.807, 2.05) is 24.3 Å². The molecule has 1 aliphatic carbocycles. The van der Waals surface area contributed by atoms with Crippen LogP contribution in [0.4, 0.5) is 4.39 Å². The number of ether oxygens (including phenoxy) is 1. The van der Waals surface area contributed by atoms with Gasteiger partial charge in [0.25, 0.3) is 0 Å². The fourth-order valence-corrected chi connectivity index (χ4v) is 4.16. The van der Waals surface area contributed by atoms with Gasteiger partial charge in [0.15, 0.2) is 0 Å². The molecule has 0 aliphatic heterocycles. The van der Waals surface area contributed by atoms with Crippen molar-refractivity contribution in [1.29, 1.82) is 0 Å². The normalized spacial score (nSPS) is 15.6. The van der Waals surface area contributed by atoms with Gasteiger partial charge in [0.05, 0.1) is 0 Å². The van der Waals surface area contributed by atoms with E-state index in [0.717, 1.165) is 52.0 Å². The van der Waals surface area contributed by atoms with Crippen LogP contribution in [0, 0.1) is 19.7 Å². The first kappa shape index (κ1) is 17.7. The van der Waals surface area contributed by atoms with Crippen LogP contribution in [-0.4, -0.2) is 0 Å². The number of hydrogen-bond acceptors (Lipinski definition) is 2. The fourth-order valence-electron chi connectivity index (χ4n) is 4.16. The van der Waals surface area contributed by atoms with Crippen molar-refractivity contribution < 1.29 is 9.13 Å². The molecular formula is C24H24FNO. The van der Waals surface area contributed by atoms with Gasteiger partial charge in [-0.05, 0) is 78.3 Å². The molecule has 0 fully saturated rings. The second-order valence-corrected chi connectivity index (χ2v) is 7.34. The van der Waals surface area contributed by atoms with Gasteiger partial charge in [0.2, 0.25) is 0 Å². The highest BCUT2D eigenvalue weighted by Crippen LogP contribution is 2.41. The van der Waals surface area contributed by atoms with E-state index in [1.165, 1.54) is 0 Å². The van der Waals surface area contributed by atoms with Crippen molar-refractivity contribution in [2.24, 2.45) is 5.73 Å². The second kappa shape index (κ2) is 7.16. The minimum atomic E-state index is -0.200. The Labute approximate surface area is 159 Å². The highest BCUT2D eigenvalue weighted by molar-refractivity contribution is 5.76. The molecule has 27 heavy (non-hydrogen) atoms. The molecule has 3 aromatic rings. The molecule has 0 spiro atoms. The third-order valence-corrected chi connectivity index (χ3v) is 5.40. The maximum Gasteiger partial charge on any atom is 0.128 e. The quantitative estimate of drug-likeness (QED) is 0.653. The largest absolute Gasteiger partial charge is 0.489 e. The van der Waals surface area contributed by atoms with Crippen LogP contribution in [0.25, 0.3) is 11.1 Å². The molecule has 0 radical (unpaired) electrons. The Kier molecular flexibility index (Phi) is 4.71. The molecule has 2 nitrogen and oxygen atoms in total. The van der Waals surface area contributed by atoms with Crippen molar-refractivity contribution in [3.8, 4) is 16.9 Å². The molecule has 1 atom stereocenters. The first-order chi connectivity index (χ1) is 13.0. The van der Waals surface area contributed by atoms with Crippen molar-refractivity contribution in [3.63, 3.8) is 0 Å². The molecule has 138 valence electrons. The van der Waals surface area contributed by atoms with Crippen molar-refractivity contribution in [2.75, 3.05) is 0 Å². The van der Waals surface area contributed by atoms with Crippen LogP contribution < -0.4 is 10.5 Å². The van der Waals surface area contributed by atoms with E-state index in [-0.39, 0.29) is 11.9 Å². The summed E-state index contributed by atoms with van der Waals surface area (Å²) in [5.41, 5.74) is 13.5. The Bertz CT molecular complexity index is 958. The maximum atomic E-state index is 14.3. The van der Waals surface area contributed by atoms with E-state index in [9.17, 15) is 4.39 Å². The van der Waals surface area contributed by atoms with Gasteiger partial charge in [-0.3, -0.25) is 0 Å². The number of nitrogens with two attached hydrogens (primary N) is 1. The standard InChI is InChI=1S/C24H24FNO/c1-15-12-18(27-14-17-6-4-3-5-7-17)13-16(2)23(15)19-8-10-21(25)24-20(19)9-11-22(24)26/h3-8,10,12-13,22H,9,11,14,26H2,1-2H3/t22-/m1/s1. The minimum absolute atomic E-state index is 0.183. The highest BCUT2D eigenvalue weighted by atomic mass is 19.1. The third-order valence-electron chi connectivity index (χ3n) is 5.40. The Balaban J connectivity index is 1.68. The molecule has 4 rings (SSSR count). The summed E-state index contributed by atoms with van der Waals surface area (Å²) in [6.45, 7) is 4.71. The van der Waals surface area contributed by atoms with E-state index in [2.05, 4.69) is 38.1 Å². The fraction of sp³-hybridized carbons (Fsp3) is 0.250. The van der Waals surface area contributed by atoms with Gasteiger partial charge < -0.3 is 10.5 Å². The van der Waals surface area contributed by atoms with Crippen LogP contribution in [-0.2, 0) is 13.0 Å². The zero-order valence-electron chi connectivity index (χ0n) is 15.8. The molecular weight excluding hydrogens is 337 g/mol. The smallest absolute Gasteiger partial charge is 0.128 e. The van der Waals surface area contributed by atoms with E-state index >= 15 is 0 Å². The lowest BCUT2D eigenvalue weighted by molar-refractivity contribution is 0.306. The monoisotopic (exact) mass is 361 g/mol. The van der Waals surface area contributed by atoms with Crippen LogP contribution in [0.2, 0.25) is 0 Å². The lowest BCUT2D eigenvalue weighted by Crippen LogP contribution is -2.08. The average Bonchev–Trinajstić information content (AvgIpc) is 3.05. The first-order valence-electron chi connectivity index (χ1n) is 9.40. The Hall–Kier alpha value is -2.65. The van der Waals surface area contributed by atoms with Crippen LogP contribution in [0.1, 0.15) is 40.3 Å². The molecule has 0 saturated carbocycles. The zero-order chi connectivity index (χ0) is 19.0. The Morgan fingerprint density at radius 2 is 1.74 bits per heavy atom. The number of benzene rings is 3. The molecule has 2 N–H and O–H groups in total. The van der Waals surface area contributed by atoms with Gasteiger partial charge in [-0.1, -0.05) is 36.4 Å². The summed E-state index contributed by atoms with van der Waals surface area (Å²) in [7, 11) is 0. The molecule has 1 aliphatic rings. The van der Waals surface area contributed by atoms with Crippen molar-refractivity contribution in [3.05, 3.63) is 88.2 Å². The zero-order valence-corrected chi connectivity index (χ0v) is 15.8. The van der Waals surface area contributed by atoms with Crippen molar-refractivity contribution >= 4 is 0 Å². The summed E-state index contributed by atoms with van der Waals surface area (Å²) in [6, 6.07) is 17.5. The molecule has 3 aromatic carbocycles. The Morgan fingerprint density at radius 3 is 2.44 bits per heavy atom. The number of fused-ring (bicyclic) bond motifs is 1. The number of rotatable bonds is 4. The second-order valence-electron chi connectivity index (χ2n) is 7.34. The summed E-state index contributed by atoms with van der Waals surface area (Å²) in [5, 5.41) is 0. The maximum absolute atomic E-state index is 14.3. The Morgan fingerprint density at radius 1 is 1.04 bits per heavy atom. The lowest BCUT2D eigenvalue weighted by atomic mass is 9.90. The molecule has 0 amide bonds. The van der Waals surface area contributed by atoms with Gasteiger partial charge in [0.1, 0.15) is 18.2 Å². The molecule has 0 aromatic heterocycles. The number of aryl methyl sites for hydroxylation is 2. The van der Waals surface area contributed by atoms with Crippen molar-refractivity contribution in [1.82, 2.24) is 0 Å². The van der Waals surface area contributed by atoms with Gasteiger partial charge in [0, 0.05) is 11.6 Å². The van der Waals surface area contributed by atoms with Crippen LogP contribution in [0.3, 0.4) is 0 Å². The van der Waals surface area contributed by atoms with Gasteiger partial charge >= 0.3 is 0 Å². The summed E-state index contributed by atoms with van der Waals surface area (Å²) in [5.74, 6) is 0.671. The first-order valence-corrected chi connectivity index (χ1v) is 9.40. The predicted molar refractivity (Wildman–Crippen MR) is 107 cm³/mol. The third kappa shape index (κ3) is 3.35. The van der Waals surface area contributed by atoms with Crippen LogP contribution in [0.5, 0.6) is 5.75 Å². The number of hydrogen-bond donors (Lipinski definition) is 1. The van der Waals surface area contributed by atoms with Gasteiger partial charge in [-0.2, -0.15) is 0 Å². The SMILES string of the molecule is Cc1cc(OCc2ccccc2)cc(C)c1-c1ccc(F)c2c1CC[C@H]2N. The molecule has 0 heterocycles. The molecule has 0 bridgehead atoms. The molecule has 3 heteroatoms. The van der Waals surface area contributed by atoms with Crippen LogP contribution in [0.15, 0.2) is 54.6 Å². The van der Waals surface area contributed by atoms with Crippen LogP contribution >= 0.6 is 0 Å². The molecule has 0 unspecified atom stereocenters.